The minimum atomic E-state index is -0.819. The van der Waals surface area contributed by atoms with Crippen LogP contribution in [0.25, 0.3) is 5.76 Å². The van der Waals surface area contributed by atoms with Gasteiger partial charge in [-0.3, -0.25) is 9.59 Å². The molecule has 0 aliphatic carbocycles. The van der Waals surface area contributed by atoms with Gasteiger partial charge >= 0.3 is 0 Å². The Kier molecular flexibility index (Phi) is 8.59. The summed E-state index contributed by atoms with van der Waals surface area (Å²) in [6.45, 7) is 8.81. The zero-order valence-electron chi connectivity index (χ0n) is 22.0. The normalized spacial score (nSPS) is 16.9. The predicted molar refractivity (Wildman–Crippen MR) is 145 cm³/mol. The molecule has 7 heteroatoms. The summed E-state index contributed by atoms with van der Waals surface area (Å²) in [5.74, 6) is -1.46. The van der Waals surface area contributed by atoms with Crippen LogP contribution in [0, 0.1) is 12.7 Å². The summed E-state index contributed by atoms with van der Waals surface area (Å²) in [5.41, 5.74) is 2.77. The predicted octanol–water partition coefficient (Wildman–Crippen LogP) is 5.48. The number of aliphatic hydroxyl groups is 1. The number of aliphatic hydroxyl groups excluding tert-OH is 1. The maximum atomic E-state index is 13.7. The van der Waals surface area contributed by atoms with Crippen LogP contribution in [0.3, 0.4) is 0 Å². The van der Waals surface area contributed by atoms with Crippen LogP contribution in [0.5, 0.6) is 5.75 Å². The Morgan fingerprint density at radius 3 is 2.32 bits per heavy atom. The number of amides is 1. The van der Waals surface area contributed by atoms with Gasteiger partial charge in [-0.1, -0.05) is 56.3 Å². The number of Topliss-reactive ketones (excluding diaryl/α,β-unsaturated/α-hetero) is 1. The van der Waals surface area contributed by atoms with Gasteiger partial charge in [-0.15, -0.1) is 0 Å². The molecule has 3 aromatic rings. The Morgan fingerprint density at radius 2 is 1.68 bits per heavy atom. The smallest absolute Gasteiger partial charge is 0.295 e. The lowest BCUT2D eigenvalue weighted by atomic mass is 9.94. The van der Waals surface area contributed by atoms with Crippen LogP contribution < -0.4 is 4.74 Å². The highest BCUT2D eigenvalue weighted by molar-refractivity contribution is 6.46. The van der Waals surface area contributed by atoms with Gasteiger partial charge in [0.05, 0.1) is 11.6 Å². The number of carbonyl (C=O) groups is 2. The third-order valence-electron chi connectivity index (χ3n) is 6.96. The van der Waals surface area contributed by atoms with Crippen LogP contribution in [0.15, 0.2) is 78.4 Å². The molecular formula is C31H33FN2O4. The molecule has 3 aromatic carbocycles. The molecule has 1 saturated heterocycles. The Labute approximate surface area is 223 Å². The molecule has 6 nitrogen and oxygen atoms in total. The molecule has 0 aromatic heterocycles. The summed E-state index contributed by atoms with van der Waals surface area (Å²) in [4.78, 5) is 30.0. The van der Waals surface area contributed by atoms with Gasteiger partial charge < -0.3 is 19.6 Å². The number of rotatable bonds is 10. The Hall–Kier alpha value is -3.97. The fourth-order valence-corrected chi connectivity index (χ4v) is 4.74. The highest BCUT2D eigenvalue weighted by Gasteiger charge is 2.46. The van der Waals surface area contributed by atoms with Crippen LogP contribution in [0.4, 0.5) is 4.39 Å². The minimum absolute atomic E-state index is 0.00138. The van der Waals surface area contributed by atoms with Crippen molar-refractivity contribution in [1.29, 1.82) is 0 Å². The van der Waals surface area contributed by atoms with Crippen molar-refractivity contribution < 1.29 is 23.8 Å². The first kappa shape index (κ1) is 27.1. The molecule has 0 spiro atoms. The fraction of sp³-hybridized carbons (Fsp3) is 0.290. The lowest BCUT2D eigenvalue weighted by Gasteiger charge is -2.28. The second kappa shape index (κ2) is 12.0. The highest BCUT2D eigenvalue weighted by atomic mass is 19.1. The average Bonchev–Trinajstić information content (AvgIpc) is 3.18. The van der Waals surface area contributed by atoms with E-state index in [2.05, 4.69) is 4.90 Å². The Morgan fingerprint density at radius 1 is 1.00 bits per heavy atom. The van der Waals surface area contributed by atoms with Crippen LogP contribution in [0.2, 0.25) is 0 Å². The molecule has 0 bridgehead atoms. The number of ketones is 1. The van der Waals surface area contributed by atoms with Crippen molar-refractivity contribution in [3.05, 3.63) is 106 Å². The number of nitrogens with zero attached hydrogens (tertiary/aromatic N) is 2. The second-order valence-electron chi connectivity index (χ2n) is 9.33. The molecule has 0 radical (unpaired) electrons. The van der Waals surface area contributed by atoms with E-state index in [1.807, 2.05) is 51.1 Å². The van der Waals surface area contributed by atoms with Crippen molar-refractivity contribution in [3.8, 4) is 5.75 Å². The van der Waals surface area contributed by atoms with Crippen molar-refractivity contribution >= 4 is 17.4 Å². The molecule has 1 atom stereocenters. The number of halogens is 1. The van der Waals surface area contributed by atoms with E-state index < -0.39 is 23.5 Å². The van der Waals surface area contributed by atoms with E-state index in [-0.39, 0.29) is 11.3 Å². The summed E-state index contributed by atoms with van der Waals surface area (Å²) < 4.78 is 19.7. The molecule has 1 fully saturated rings. The van der Waals surface area contributed by atoms with E-state index in [0.29, 0.717) is 36.6 Å². The molecular weight excluding hydrogens is 483 g/mol. The summed E-state index contributed by atoms with van der Waals surface area (Å²) in [7, 11) is 0. The molecule has 1 N–H and O–H groups in total. The largest absolute Gasteiger partial charge is 0.507 e. The topological polar surface area (TPSA) is 70.1 Å². The fourth-order valence-electron chi connectivity index (χ4n) is 4.74. The average molecular weight is 517 g/mol. The third kappa shape index (κ3) is 5.78. The molecule has 38 heavy (non-hydrogen) atoms. The molecule has 0 saturated carbocycles. The van der Waals surface area contributed by atoms with Crippen molar-refractivity contribution in [3.63, 3.8) is 0 Å². The third-order valence-corrected chi connectivity index (χ3v) is 6.96. The number of aryl methyl sites for hydroxylation is 1. The van der Waals surface area contributed by atoms with Gasteiger partial charge in [0.25, 0.3) is 11.7 Å². The molecule has 1 aliphatic heterocycles. The number of benzene rings is 3. The summed E-state index contributed by atoms with van der Waals surface area (Å²) in [5, 5.41) is 11.4. The number of hydrogen-bond donors (Lipinski definition) is 1. The van der Waals surface area contributed by atoms with E-state index in [0.717, 1.165) is 24.2 Å². The van der Waals surface area contributed by atoms with Crippen LogP contribution in [-0.2, 0) is 16.2 Å². The number of hydrogen-bond acceptors (Lipinski definition) is 5. The zero-order valence-corrected chi connectivity index (χ0v) is 22.0. The van der Waals surface area contributed by atoms with Gasteiger partial charge in [0, 0.05) is 18.7 Å². The number of ether oxygens (including phenoxy) is 1. The summed E-state index contributed by atoms with van der Waals surface area (Å²) >= 11 is 0. The molecule has 1 heterocycles. The van der Waals surface area contributed by atoms with Crippen molar-refractivity contribution in [1.82, 2.24) is 9.80 Å². The summed E-state index contributed by atoms with van der Waals surface area (Å²) in [6.07, 6.45) is 0. The number of carbonyl (C=O) groups excluding carboxylic acids is 2. The minimum Gasteiger partial charge on any atom is -0.507 e. The molecule has 1 aliphatic rings. The molecule has 198 valence electrons. The van der Waals surface area contributed by atoms with Crippen molar-refractivity contribution in [2.24, 2.45) is 0 Å². The lowest BCUT2D eigenvalue weighted by Crippen LogP contribution is -2.38. The number of likely N-dealkylation sites (N-methyl/N-ethyl adjacent to an activating group) is 1. The van der Waals surface area contributed by atoms with Crippen molar-refractivity contribution in [2.45, 2.75) is 33.4 Å². The molecule has 4 rings (SSSR count). The number of likely N-dealkylation sites (tertiary alicyclic amines) is 1. The monoisotopic (exact) mass is 516 g/mol. The first-order chi connectivity index (χ1) is 18.3. The van der Waals surface area contributed by atoms with Gasteiger partial charge in [0.15, 0.2) is 0 Å². The Bertz CT molecular complexity index is 1320. The van der Waals surface area contributed by atoms with Crippen LogP contribution in [0.1, 0.15) is 42.1 Å². The van der Waals surface area contributed by atoms with Crippen molar-refractivity contribution in [2.75, 3.05) is 26.2 Å². The second-order valence-corrected chi connectivity index (χ2v) is 9.33. The standard InChI is InChI=1S/C31H33FN2O4/c1-4-33(5-2)17-18-34-28(23-11-14-25(32)15-12-23)27(30(36)31(34)37)29(35)24-13-16-26(21(3)19-24)38-20-22-9-7-6-8-10-22/h6-16,19,28,35H,4-5,17-18,20H2,1-3H3/t28-/m1/s1. The quantitative estimate of drug-likeness (QED) is 0.220. The first-order valence-electron chi connectivity index (χ1n) is 12.9. The SMILES string of the molecule is CCN(CC)CCN1C(=O)C(=O)C(=C(O)c2ccc(OCc3ccccc3)c(C)c2)[C@H]1c1ccc(F)cc1. The maximum absolute atomic E-state index is 13.7. The van der Waals surface area contributed by atoms with Gasteiger partial charge in [0.1, 0.15) is 23.9 Å². The highest BCUT2D eigenvalue weighted by Crippen LogP contribution is 2.39. The van der Waals surface area contributed by atoms with E-state index in [1.54, 1.807) is 30.3 Å². The molecule has 0 unspecified atom stereocenters. The summed E-state index contributed by atoms with van der Waals surface area (Å²) in [6, 6.07) is 19.8. The first-order valence-corrected chi connectivity index (χ1v) is 12.9. The van der Waals surface area contributed by atoms with E-state index >= 15 is 0 Å². The van der Waals surface area contributed by atoms with Crippen LogP contribution in [-0.4, -0.2) is 52.8 Å². The van der Waals surface area contributed by atoms with Crippen LogP contribution >= 0.6 is 0 Å². The van der Waals surface area contributed by atoms with E-state index in [9.17, 15) is 19.1 Å². The Balaban J connectivity index is 1.68. The molecule has 1 amide bonds. The van der Waals surface area contributed by atoms with E-state index in [4.69, 9.17) is 4.74 Å². The maximum Gasteiger partial charge on any atom is 0.295 e. The van der Waals surface area contributed by atoms with Gasteiger partial charge in [0.2, 0.25) is 0 Å². The lowest BCUT2D eigenvalue weighted by molar-refractivity contribution is -0.140. The zero-order chi connectivity index (χ0) is 27.2. The van der Waals surface area contributed by atoms with E-state index in [1.165, 1.54) is 17.0 Å². The van der Waals surface area contributed by atoms with Gasteiger partial charge in [-0.25, -0.2) is 4.39 Å². The van der Waals surface area contributed by atoms with Gasteiger partial charge in [-0.05, 0) is 67.0 Å². The van der Waals surface area contributed by atoms with Gasteiger partial charge in [-0.2, -0.15) is 0 Å².